The molecule has 0 saturated heterocycles. The van der Waals surface area contributed by atoms with Crippen LogP contribution in [-0.2, 0) is 19.3 Å². The van der Waals surface area contributed by atoms with Crippen LogP contribution >= 0.6 is 11.3 Å². The molecule has 0 N–H and O–H groups in total. The van der Waals surface area contributed by atoms with Gasteiger partial charge in [0.15, 0.2) is 0 Å². The van der Waals surface area contributed by atoms with Gasteiger partial charge in [0.05, 0.1) is 16.4 Å². The van der Waals surface area contributed by atoms with Crippen molar-refractivity contribution in [2.75, 3.05) is 0 Å². The lowest BCUT2D eigenvalue weighted by Crippen LogP contribution is -1.93. The molecular formula is C26H32N2S. The van der Waals surface area contributed by atoms with Crippen LogP contribution in [0, 0.1) is 19.8 Å². The van der Waals surface area contributed by atoms with E-state index >= 15 is 0 Å². The van der Waals surface area contributed by atoms with Crippen LogP contribution in [0.5, 0.6) is 0 Å². The number of rotatable bonds is 4. The van der Waals surface area contributed by atoms with Gasteiger partial charge in [-0.15, -0.1) is 11.3 Å². The number of benzene rings is 2. The van der Waals surface area contributed by atoms with Crippen LogP contribution in [0.1, 0.15) is 60.5 Å². The maximum atomic E-state index is 4.94. The quantitative estimate of drug-likeness (QED) is 0.413. The van der Waals surface area contributed by atoms with Gasteiger partial charge in [0.2, 0.25) is 0 Å². The molecular weight excluding hydrogens is 372 g/mol. The number of aliphatic imine (C=N–C) groups is 1. The fourth-order valence-electron chi connectivity index (χ4n) is 4.01. The first-order valence-electron chi connectivity index (χ1n) is 10.7. The SMILES string of the molecule is CC.CC=Nc1cc(C)c(Cc2nc(-c3ccc4c(c3)CC(C)C4)cs2)cc1C. The molecule has 0 bridgehead atoms. The largest absolute Gasteiger partial charge is 0.261 e. The first-order chi connectivity index (χ1) is 14.0. The van der Waals surface area contributed by atoms with Gasteiger partial charge >= 0.3 is 0 Å². The molecule has 1 atom stereocenters. The van der Waals surface area contributed by atoms with E-state index in [-0.39, 0.29) is 0 Å². The summed E-state index contributed by atoms with van der Waals surface area (Å²) in [4.78, 5) is 9.39. The van der Waals surface area contributed by atoms with Crippen LogP contribution in [0.3, 0.4) is 0 Å². The molecule has 1 aromatic heterocycles. The van der Waals surface area contributed by atoms with Gasteiger partial charge in [0, 0.05) is 23.6 Å². The fourth-order valence-corrected chi connectivity index (χ4v) is 4.84. The lowest BCUT2D eigenvalue weighted by molar-refractivity contribution is 0.628. The lowest BCUT2D eigenvalue weighted by Gasteiger charge is -2.08. The smallest absolute Gasteiger partial charge is 0.0976 e. The molecule has 1 unspecified atom stereocenters. The second kappa shape index (κ2) is 9.49. The molecule has 29 heavy (non-hydrogen) atoms. The molecule has 0 saturated carbocycles. The summed E-state index contributed by atoms with van der Waals surface area (Å²) in [5.41, 5.74) is 10.3. The zero-order chi connectivity index (χ0) is 21.0. The highest BCUT2D eigenvalue weighted by molar-refractivity contribution is 7.10. The highest BCUT2D eigenvalue weighted by atomic mass is 32.1. The van der Waals surface area contributed by atoms with E-state index in [1.807, 2.05) is 27.0 Å². The Morgan fingerprint density at radius 3 is 2.59 bits per heavy atom. The number of aromatic nitrogens is 1. The molecule has 0 spiro atoms. The van der Waals surface area contributed by atoms with Crippen LogP contribution in [0.15, 0.2) is 40.7 Å². The lowest BCUT2D eigenvalue weighted by atomic mass is 10.0. The number of thiazole rings is 1. The maximum absolute atomic E-state index is 4.94. The third kappa shape index (κ3) is 4.84. The fraction of sp³-hybridized carbons (Fsp3) is 0.385. The van der Waals surface area contributed by atoms with Gasteiger partial charge in [0.25, 0.3) is 0 Å². The molecule has 0 amide bonds. The number of hydrogen-bond acceptors (Lipinski definition) is 3. The van der Waals surface area contributed by atoms with Crippen molar-refractivity contribution in [3.63, 3.8) is 0 Å². The molecule has 2 nitrogen and oxygen atoms in total. The van der Waals surface area contributed by atoms with Crippen molar-refractivity contribution in [3.8, 4) is 11.3 Å². The van der Waals surface area contributed by atoms with Crippen LogP contribution in [-0.4, -0.2) is 11.2 Å². The Labute approximate surface area is 179 Å². The summed E-state index contributed by atoms with van der Waals surface area (Å²) < 4.78 is 0. The summed E-state index contributed by atoms with van der Waals surface area (Å²) >= 11 is 1.76. The minimum atomic E-state index is 0.771. The molecule has 0 aliphatic heterocycles. The Hall–Kier alpha value is -2.26. The summed E-state index contributed by atoms with van der Waals surface area (Å²) in [5.74, 6) is 0.771. The number of nitrogens with zero attached hydrogens (tertiary/aromatic N) is 2. The highest BCUT2D eigenvalue weighted by Crippen LogP contribution is 2.32. The van der Waals surface area contributed by atoms with Crippen molar-refractivity contribution < 1.29 is 0 Å². The van der Waals surface area contributed by atoms with E-state index in [1.165, 1.54) is 51.2 Å². The molecule has 1 aliphatic rings. The van der Waals surface area contributed by atoms with Gasteiger partial charge in [-0.2, -0.15) is 0 Å². The van der Waals surface area contributed by atoms with Crippen molar-refractivity contribution in [2.24, 2.45) is 10.9 Å². The van der Waals surface area contributed by atoms with E-state index in [4.69, 9.17) is 4.98 Å². The number of hydrogen-bond donors (Lipinski definition) is 0. The molecule has 0 radical (unpaired) electrons. The van der Waals surface area contributed by atoms with E-state index in [9.17, 15) is 0 Å². The first-order valence-corrected chi connectivity index (χ1v) is 11.6. The summed E-state index contributed by atoms with van der Waals surface area (Å²) in [6, 6.07) is 11.3. The predicted molar refractivity (Wildman–Crippen MR) is 128 cm³/mol. The third-order valence-electron chi connectivity index (χ3n) is 5.45. The highest BCUT2D eigenvalue weighted by Gasteiger charge is 2.18. The Bertz CT molecular complexity index is 1010. The van der Waals surface area contributed by atoms with E-state index in [1.54, 1.807) is 11.3 Å². The molecule has 2 aromatic carbocycles. The summed E-state index contributed by atoms with van der Waals surface area (Å²) in [6.07, 6.45) is 5.15. The molecule has 3 heteroatoms. The molecule has 1 heterocycles. The molecule has 3 aromatic rings. The van der Waals surface area contributed by atoms with Crippen molar-refractivity contribution in [2.45, 2.75) is 60.8 Å². The second-order valence-electron chi connectivity index (χ2n) is 7.75. The Balaban J connectivity index is 0.00000117. The molecule has 152 valence electrons. The van der Waals surface area contributed by atoms with Crippen molar-refractivity contribution in [1.29, 1.82) is 0 Å². The molecule has 0 fully saturated rings. The normalized spacial score (nSPS) is 15.3. The van der Waals surface area contributed by atoms with E-state index in [2.05, 4.69) is 61.5 Å². The first kappa shape index (κ1) is 21.4. The van der Waals surface area contributed by atoms with Crippen molar-refractivity contribution in [1.82, 2.24) is 4.98 Å². The standard InChI is InChI=1S/C24H26N2S.C2H6/c1-5-25-22-11-16(3)20(10-17(22)4)13-24-26-23(14-27-24)19-7-6-18-8-15(2)9-21(18)12-19;1-2/h5-7,10-12,14-15H,8-9,13H2,1-4H3;1-2H3. The van der Waals surface area contributed by atoms with Gasteiger partial charge in [-0.1, -0.05) is 39.0 Å². The van der Waals surface area contributed by atoms with Crippen LogP contribution in [0.4, 0.5) is 5.69 Å². The van der Waals surface area contributed by atoms with Crippen molar-refractivity contribution in [3.05, 3.63) is 68.5 Å². The van der Waals surface area contributed by atoms with Crippen LogP contribution in [0.25, 0.3) is 11.3 Å². The van der Waals surface area contributed by atoms with Gasteiger partial charge < -0.3 is 0 Å². The average Bonchev–Trinajstić information content (AvgIpc) is 3.32. The van der Waals surface area contributed by atoms with Crippen LogP contribution in [0.2, 0.25) is 0 Å². The Morgan fingerprint density at radius 1 is 1.07 bits per heavy atom. The van der Waals surface area contributed by atoms with Crippen molar-refractivity contribution >= 4 is 23.2 Å². The van der Waals surface area contributed by atoms with E-state index < -0.39 is 0 Å². The summed E-state index contributed by atoms with van der Waals surface area (Å²) in [6.45, 7) is 12.6. The summed E-state index contributed by atoms with van der Waals surface area (Å²) in [7, 11) is 0. The van der Waals surface area contributed by atoms with Gasteiger partial charge in [-0.3, -0.25) is 4.99 Å². The minimum absolute atomic E-state index is 0.771. The minimum Gasteiger partial charge on any atom is -0.261 e. The third-order valence-corrected chi connectivity index (χ3v) is 6.30. The zero-order valence-electron chi connectivity index (χ0n) is 18.5. The topological polar surface area (TPSA) is 25.2 Å². The Morgan fingerprint density at radius 2 is 1.83 bits per heavy atom. The molecule has 1 aliphatic carbocycles. The predicted octanol–water partition coefficient (Wildman–Crippen LogP) is 7.50. The van der Waals surface area contributed by atoms with Gasteiger partial charge in [0.1, 0.15) is 0 Å². The number of fused-ring (bicyclic) bond motifs is 1. The maximum Gasteiger partial charge on any atom is 0.0976 e. The van der Waals surface area contributed by atoms with E-state index in [0.717, 1.165) is 23.7 Å². The summed E-state index contributed by atoms with van der Waals surface area (Å²) in [5, 5.41) is 3.38. The Kier molecular flexibility index (Phi) is 7.02. The van der Waals surface area contributed by atoms with Gasteiger partial charge in [-0.05, 0) is 79.5 Å². The number of aryl methyl sites for hydroxylation is 2. The molecule has 4 rings (SSSR count). The van der Waals surface area contributed by atoms with E-state index in [0.29, 0.717) is 0 Å². The second-order valence-corrected chi connectivity index (χ2v) is 8.70. The van der Waals surface area contributed by atoms with Gasteiger partial charge in [-0.25, -0.2) is 4.98 Å². The monoisotopic (exact) mass is 404 g/mol. The zero-order valence-corrected chi connectivity index (χ0v) is 19.4. The average molecular weight is 405 g/mol. The van der Waals surface area contributed by atoms with Crippen LogP contribution < -0.4 is 0 Å².